The van der Waals surface area contributed by atoms with E-state index < -0.39 is 36.5 Å². The van der Waals surface area contributed by atoms with E-state index in [4.69, 9.17) is 0 Å². The number of carbonyl (C=O) groups excluding carboxylic acids is 1. The largest absolute Gasteiger partial charge is 0.508 e. The van der Waals surface area contributed by atoms with Gasteiger partial charge in [0.05, 0.1) is 6.61 Å². The normalized spacial score (nSPS) is 24.9. The van der Waals surface area contributed by atoms with E-state index in [0.717, 1.165) is 18.2 Å². The second-order valence-electron chi connectivity index (χ2n) is 9.71. The van der Waals surface area contributed by atoms with Crippen LogP contribution in [0, 0.1) is 11.6 Å². The molecular formula is C27H32F3N3O3. The molecule has 2 amide bonds. The lowest BCUT2D eigenvalue weighted by Crippen LogP contribution is -2.54. The van der Waals surface area contributed by atoms with Gasteiger partial charge < -0.3 is 24.9 Å². The molecule has 194 valence electrons. The van der Waals surface area contributed by atoms with Gasteiger partial charge in [-0.25, -0.2) is 18.0 Å². The van der Waals surface area contributed by atoms with Crippen LogP contribution in [-0.4, -0.2) is 83.5 Å². The number of aliphatic hydroxyl groups excluding tert-OH is 1. The van der Waals surface area contributed by atoms with Gasteiger partial charge in [-0.3, -0.25) is 0 Å². The zero-order valence-corrected chi connectivity index (χ0v) is 20.5. The average Bonchev–Trinajstić information content (AvgIpc) is 3.17. The van der Waals surface area contributed by atoms with Crippen molar-refractivity contribution in [1.82, 2.24) is 14.7 Å². The van der Waals surface area contributed by atoms with Crippen LogP contribution in [0.2, 0.25) is 0 Å². The number of carbonyl (C=O) groups is 1. The molecular weight excluding hydrogens is 471 g/mol. The molecule has 0 bridgehead atoms. The molecule has 0 aromatic heterocycles. The summed E-state index contributed by atoms with van der Waals surface area (Å²) in [6.07, 6.45) is 3.45. The first-order valence-corrected chi connectivity index (χ1v) is 12.1. The number of hydrogen-bond acceptors (Lipinski definition) is 4. The van der Waals surface area contributed by atoms with Gasteiger partial charge in [-0.15, -0.1) is 0 Å². The van der Waals surface area contributed by atoms with Crippen molar-refractivity contribution in [2.75, 3.05) is 40.5 Å². The first-order chi connectivity index (χ1) is 17.2. The number of halogens is 3. The van der Waals surface area contributed by atoms with Crippen LogP contribution in [0.4, 0.5) is 18.0 Å². The Morgan fingerprint density at radius 2 is 1.94 bits per heavy atom. The summed E-state index contributed by atoms with van der Waals surface area (Å²) in [4.78, 5) is 18.9. The Balaban J connectivity index is 1.72. The minimum atomic E-state index is -1.40. The molecule has 2 aliphatic rings. The predicted molar refractivity (Wildman–Crippen MR) is 131 cm³/mol. The number of aliphatic hydroxyl groups is 1. The summed E-state index contributed by atoms with van der Waals surface area (Å²) in [5.74, 6) is -1.31. The van der Waals surface area contributed by atoms with Gasteiger partial charge >= 0.3 is 6.03 Å². The van der Waals surface area contributed by atoms with E-state index >= 15 is 0 Å². The van der Waals surface area contributed by atoms with E-state index in [-0.39, 0.29) is 29.9 Å². The number of nitrogens with zero attached hydrogens (tertiary/aromatic N) is 3. The molecule has 0 radical (unpaired) electrons. The average molecular weight is 504 g/mol. The van der Waals surface area contributed by atoms with Gasteiger partial charge in [0, 0.05) is 37.8 Å². The molecule has 2 aromatic carbocycles. The molecule has 2 aromatic rings. The van der Waals surface area contributed by atoms with Crippen LogP contribution >= 0.6 is 0 Å². The highest BCUT2D eigenvalue weighted by Crippen LogP contribution is 2.42. The van der Waals surface area contributed by atoms with Crippen molar-refractivity contribution in [3.8, 4) is 5.75 Å². The molecule has 2 aliphatic heterocycles. The Kier molecular flexibility index (Phi) is 7.61. The lowest BCUT2D eigenvalue weighted by atomic mass is 9.89. The zero-order chi connectivity index (χ0) is 26.0. The van der Waals surface area contributed by atoms with Gasteiger partial charge in [0.15, 0.2) is 0 Å². The van der Waals surface area contributed by atoms with Crippen molar-refractivity contribution in [1.29, 1.82) is 0 Å². The summed E-state index contributed by atoms with van der Waals surface area (Å²) in [6, 6.07) is 8.56. The highest BCUT2D eigenvalue weighted by Gasteiger charge is 2.46. The number of aromatic hydroxyl groups is 1. The number of phenols is 1. The Hall–Kier alpha value is -3.04. The summed E-state index contributed by atoms with van der Waals surface area (Å²) in [6.45, 7) is -0.426. The second-order valence-corrected chi connectivity index (χ2v) is 9.71. The standard InChI is InChI=1S/C27H32F3N3O3/c1-31-11-10-21(7-8-22(31)15-28)32(2)26(36)33-16-18(24-13-20(29)6-9-25(24)30)14-27(33,17-34)19-4-3-5-23(35)12-19/h3-6,9,12-14,21-22,34-35H,7-8,10-11,15-17H2,1-2H3/t21?,22?,27-/m1/s1. The van der Waals surface area contributed by atoms with Crippen molar-refractivity contribution in [2.24, 2.45) is 0 Å². The van der Waals surface area contributed by atoms with Gasteiger partial charge in [-0.2, -0.15) is 0 Å². The molecule has 2 N–H and O–H groups in total. The highest BCUT2D eigenvalue weighted by molar-refractivity contribution is 5.83. The molecule has 0 saturated carbocycles. The minimum absolute atomic E-state index is 0.00723. The third-order valence-electron chi connectivity index (χ3n) is 7.61. The maximum atomic E-state index is 14.7. The van der Waals surface area contributed by atoms with Crippen LogP contribution in [-0.2, 0) is 5.54 Å². The third kappa shape index (κ3) is 4.82. The Morgan fingerprint density at radius 1 is 1.17 bits per heavy atom. The van der Waals surface area contributed by atoms with Crippen LogP contribution in [0.5, 0.6) is 5.75 Å². The number of urea groups is 1. The van der Waals surface area contributed by atoms with Gasteiger partial charge in [0.1, 0.15) is 29.6 Å². The van der Waals surface area contributed by atoms with Crippen LogP contribution in [0.25, 0.3) is 5.57 Å². The summed E-state index contributed by atoms with van der Waals surface area (Å²) in [5.41, 5.74) is -0.602. The quantitative estimate of drug-likeness (QED) is 0.644. The summed E-state index contributed by atoms with van der Waals surface area (Å²) < 4.78 is 42.2. The lowest BCUT2D eigenvalue weighted by molar-refractivity contribution is 0.0776. The van der Waals surface area contributed by atoms with Gasteiger partial charge in [0.25, 0.3) is 0 Å². The van der Waals surface area contributed by atoms with Crippen molar-refractivity contribution in [3.05, 3.63) is 71.3 Å². The summed E-state index contributed by atoms with van der Waals surface area (Å²) >= 11 is 0. The first kappa shape index (κ1) is 26.0. The molecule has 2 heterocycles. The van der Waals surface area contributed by atoms with Crippen LogP contribution in [0.15, 0.2) is 48.5 Å². The first-order valence-electron chi connectivity index (χ1n) is 12.1. The van der Waals surface area contributed by atoms with Gasteiger partial charge in [-0.1, -0.05) is 12.1 Å². The number of amides is 2. The smallest absolute Gasteiger partial charge is 0.321 e. The second kappa shape index (κ2) is 10.5. The van der Waals surface area contributed by atoms with E-state index in [1.807, 2.05) is 11.9 Å². The summed E-state index contributed by atoms with van der Waals surface area (Å²) in [5, 5.41) is 20.8. The molecule has 4 rings (SSSR count). The van der Waals surface area contributed by atoms with E-state index in [1.165, 1.54) is 17.0 Å². The fourth-order valence-electron chi connectivity index (χ4n) is 5.32. The number of phenolic OH excluding ortho intramolecular Hbond substituents is 1. The Morgan fingerprint density at radius 3 is 2.64 bits per heavy atom. The number of likely N-dealkylation sites (tertiary alicyclic amines) is 1. The van der Waals surface area contributed by atoms with E-state index in [1.54, 1.807) is 30.2 Å². The Bertz CT molecular complexity index is 1140. The van der Waals surface area contributed by atoms with E-state index in [0.29, 0.717) is 36.9 Å². The van der Waals surface area contributed by atoms with Crippen LogP contribution in [0.3, 0.4) is 0 Å². The topological polar surface area (TPSA) is 67.2 Å². The molecule has 1 saturated heterocycles. The molecule has 0 aliphatic carbocycles. The van der Waals surface area contributed by atoms with E-state index in [2.05, 4.69) is 0 Å². The SMILES string of the molecule is CN1CCC(N(C)C(=O)N2CC(c3cc(F)ccc3F)=C[C@@]2(CO)c2cccc(O)c2)CCC1CF. The summed E-state index contributed by atoms with van der Waals surface area (Å²) in [7, 11) is 3.55. The van der Waals surface area contributed by atoms with Crippen LogP contribution < -0.4 is 0 Å². The van der Waals surface area contributed by atoms with Crippen molar-refractivity contribution in [3.63, 3.8) is 0 Å². The molecule has 0 spiro atoms. The zero-order valence-electron chi connectivity index (χ0n) is 20.5. The van der Waals surface area contributed by atoms with Crippen molar-refractivity contribution in [2.45, 2.75) is 36.9 Å². The van der Waals surface area contributed by atoms with Gasteiger partial charge in [-0.05, 0) is 73.9 Å². The van der Waals surface area contributed by atoms with Crippen molar-refractivity contribution < 1.29 is 28.2 Å². The fourth-order valence-corrected chi connectivity index (χ4v) is 5.32. The van der Waals surface area contributed by atoms with E-state index in [9.17, 15) is 28.2 Å². The number of alkyl halides is 1. The number of benzene rings is 2. The monoisotopic (exact) mass is 503 g/mol. The molecule has 36 heavy (non-hydrogen) atoms. The van der Waals surface area contributed by atoms with Crippen LogP contribution in [0.1, 0.15) is 30.4 Å². The molecule has 6 nitrogen and oxygen atoms in total. The lowest BCUT2D eigenvalue weighted by Gasteiger charge is -2.41. The van der Waals surface area contributed by atoms with Gasteiger partial charge in [0.2, 0.25) is 0 Å². The predicted octanol–water partition coefficient (Wildman–Crippen LogP) is 4.13. The molecule has 3 atom stereocenters. The molecule has 9 heteroatoms. The number of hydrogen-bond donors (Lipinski definition) is 2. The minimum Gasteiger partial charge on any atom is -0.508 e. The fraction of sp³-hybridized carbons (Fsp3) is 0.444. The molecule has 2 unspecified atom stereocenters. The number of rotatable bonds is 5. The maximum Gasteiger partial charge on any atom is 0.321 e. The maximum absolute atomic E-state index is 14.7. The highest BCUT2D eigenvalue weighted by atomic mass is 19.1. The van der Waals surface area contributed by atoms with Crippen molar-refractivity contribution >= 4 is 11.6 Å². The Labute approximate surface area is 209 Å². The third-order valence-corrected chi connectivity index (χ3v) is 7.61. The molecule has 1 fully saturated rings.